The number of rotatable bonds is 9. The Labute approximate surface area is 117 Å². The van der Waals surface area contributed by atoms with Crippen LogP contribution in [0.3, 0.4) is 0 Å². The number of aryl methyl sites for hydroxylation is 1. The van der Waals surface area contributed by atoms with Gasteiger partial charge in [0, 0.05) is 24.4 Å². The molecule has 0 bridgehead atoms. The largest absolute Gasteiger partial charge is 0.379 e. The van der Waals surface area contributed by atoms with Gasteiger partial charge in [0.1, 0.15) is 0 Å². The van der Waals surface area contributed by atoms with Gasteiger partial charge in [0.05, 0.1) is 18.8 Å². The molecule has 0 fully saturated rings. The Morgan fingerprint density at radius 2 is 2.00 bits per heavy atom. The van der Waals surface area contributed by atoms with E-state index in [1.807, 2.05) is 7.05 Å². The second-order valence-electron chi connectivity index (χ2n) is 5.30. The molecule has 0 spiro atoms. The van der Waals surface area contributed by atoms with Gasteiger partial charge in [0.15, 0.2) is 0 Å². The van der Waals surface area contributed by atoms with Crippen molar-refractivity contribution in [2.75, 3.05) is 20.3 Å². The molecule has 1 aromatic heterocycles. The van der Waals surface area contributed by atoms with Crippen LogP contribution >= 0.6 is 0 Å². The molecular formula is C15H29N3O. The highest BCUT2D eigenvalue weighted by molar-refractivity contribution is 5.26. The minimum absolute atomic E-state index is 0.592. The smallest absolute Gasteiger partial charge is 0.0669 e. The summed E-state index contributed by atoms with van der Waals surface area (Å²) in [5.41, 5.74) is 3.94. The van der Waals surface area contributed by atoms with Crippen molar-refractivity contribution in [3.63, 3.8) is 0 Å². The maximum Gasteiger partial charge on any atom is 0.0669 e. The van der Waals surface area contributed by atoms with Crippen molar-refractivity contribution >= 4 is 0 Å². The summed E-state index contributed by atoms with van der Waals surface area (Å²) in [4.78, 5) is 0. The maximum atomic E-state index is 5.66. The first-order chi connectivity index (χ1) is 9.13. The molecule has 0 saturated heterocycles. The third-order valence-electron chi connectivity index (χ3n) is 3.17. The van der Waals surface area contributed by atoms with Crippen LogP contribution < -0.4 is 5.32 Å². The second kappa shape index (κ2) is 8.33. The summed E-state index contributed by atoms with van der Waals surface area (Å²) in [7, 11) is 1.99. The van der Waals surface area contributed by atoms with Gasteiger partial charge in [-0.3, -0.25) is 4.68 Å². The van der Waals surface area contributed by atoms with Crippen LogP contribution in [-0.4, -0.2) is 30.0 Å². The topological polar surface area (TPSA) is 39.1 Å². The van der Waals surface area contributed by atoms with Gasteiger partial charge in [0.2, 0.25) is 0 Å². The van der Waals surface area contributed by atoms with E-state index in [4.69, 9.17) is 9.84 Å². The van der Waals surface area contributed by atoms with Gasteiger partial charge < -0.3 is 10.1 Å². The number of nitrogens with zero attached hydrogens (tertiary/aromatic N) is 2. The maximum absolute atomic E-state index is 5.66. The van der Waals surface area contributed by atoms with Crippen LogP contribution in [0.4, 0.5) is 0 Å². The van der Waals surface area contributed by atoms with Crippen LogP contribution in [0.25, 0.3) is 0 Å². The third kappa shape index (κ3) is 4.62. The molecule has 0 saturated carbocycles. The van der Waals surface area contributed by atoms with Gasteiger partial charge in [-0.05, 0) is 25.8 Å². The summed E-state index contributed by atoms with van der Waals surface area (Å²) in [6, 6.07) is 0. The van der Waals surface area contributed by atoms with Gasteiger partial charge in [-0.1, -0.05) is 27.7 Å². The zero-order chi connectivity index (χ0) is 14.3. The first-order valence-electron chi connectivity index (χ1n) is 7.43. The van der Waals surface area contributed by atoms with E-state index in [0.717, 1.165) is 39.1 Å². The lowest BCUT2D eigenvalue weighted by Crippen LogP contribution is -2.13. The van der Waals surface area contributed by atoms with Gasteiger partial charge >= 0.3 is 0 Å². The number of ether oxygens (including phenoxy) is 1. The average Bonchev–Trinajstić information content (AvgIpc) is 2.72. The van der Waals surface area contributed by atoms with Gasteiger partial charge in [-0.15, -0.1) is 0 Å². The van der Waals surface area contributed by atoms with E-state index in [2.05, 4.69) is 37.7 Å². The fraction of sp³-hybridized carbons (Fsp3) is 0.800. The fourth-order valence-electron chi connectivity index (χ4n) is 2.30. The summed E-state index contributed by atoms with van der Waals surface area (Å²) in [5, 5.41) is 7.98. The zero-order valence-electron chi connectivity index (χ0n) is 13.1. The Morgan fingerprint density at radius 1 is 1.26 bits per heavy atom. The van der Waals surface area contributed by atoms with Gasteiger partial charge in [-0.2, -0.15) is 5.10 Å². The van der Waals surface area contributed by atoms with Crippen molar-refractivity contribution in [2.45, 2.75) is 53.6 Å². The van der Waals surface area contributed by atoms with Crippen LogP contribution in [0, 0.1) is 5.92 Å². The van der Waals surface area contributed by atoms with E-state index in [1.165, 1.54) is 17.0 Å². The summed E-state index contributed by atoms with van der Waals surface area (Å²) >= 11 is 0. The third-order valence-corrected chi connectivity index (χ3v) is 3.17. The van der Waals surface area contributed by atoms with E-state index in [0.29, 0.717) is 5.92 Å². The molecule has 0 unspecified atom stereocenters. The highest BCUT2D eigenvalue weighted by atomic mass is 16.5. The predicted octanol–water partition coefficient (Wildman–Crippen LogP) is 2.40. The molecule has 1 aromatic rings. The monoisotopic (exact) mass is 267 g/mol. The Balaban J connectivity index is 2.71. The highest BCUT2D eigenvalue weighted by Gasteiger charge is 2.14. The fourth-order valence-corrected chi connectivity index (χ4v) is 2.30. The highest BCUT2D eigenvalue weighted by Crippen LogP contribution is 2.16. The molecule has 4 nitrogen and oxygen atoms in total. The Bertz CT molecular complexity index is 372. The zero-order valence-corrected chi connectivity index (χ0v) is 13.1. The average molecular weight is 267 g/mol. The molecule has 0 radical (unpaired) electrons. The molecule has 0 aliphatic heterocycles. The summed E-state index contributed by atoms with van der Waals surface area (Å²) in [6.45, 7) is 12.0. The molecule has 0 atom stereocenters. The van der Waals surface area contributed by atoms with E-state index >= 15 is 0 Å². The van der Waals surface area contributed by atoms with E-state index in [1.54, 1.807) is 0 Å². The molecule has 1 rings (SSSR count). The SMILES string of the molecule is CCc1nn(CCOCC(C)C)c(CC)c1CNC. The first-order valence-corrected chi connectivity index (χ1v) is 7.43. The molecule has 110 valence electrons. The van der Waals surface area contributed by atoms with E-state index in [9.17, 15) is 0 Å². The van der Waals surface area contributed by atoms with E-state index in [-0.39, 0.29) is 0 Å². The molecule has 0 aliphatic carbocycles. The molecular weight excluding hydrogens is 238 g/mol. The number of nitrogens with one attached hydrogen (secondary N) is 1. The Hall–Kier alpha value is -0.870. The lowest BCUT2D eigenvalue weighted by molar-refractivity contribution is 0.100. The first kappa shape index (κ1) is 16.2. The summed E-state index contributed by atoms with van der Waals surface area (Å²) in [6.07, 6.45) is 2.01. The number of hydrogen-bond donors (Lipinski definition) is 1. The van der Waals surface area contributed by atoms with Crippen LogP contribution in [0.15, 0.2) is 0 Å². The number of hydrogen-bond acceptors (Lipinski definition) is 3. The molecule has 1 N–H and O–H groups in total. The molecule has 0 amide bonds. The molecule has 19 heavy (non-hydrogen) atoms. The molecule has 4 heteroatoms. The predicted molar refractivity (Wildman–Crippen MR) is 79.4 cm³/mol. The van der Waals surface area contributed by atoms with E-state index < -0.39 is 0 Å². The van der Waals surface area contributed by atoms with Crippen LogP contribution in [0.2, 0.25) is 0 Å². The van der Waals surface area contributed by atoms with Crippen molar-refractivity contribution < 1.29 is 4.74 Å². The summed E-state index contributed by atoms with van der Waals surface area (Å²) < 4.78 is 7.80. The van der Waals surface area contributed by atoms with Crippen molar-refractivity contribution in [1.29, 1.82) is 0 Å². The standard InChI is InChI=1S/C15H29N3O/c1-6-14-13(10-16-5)15(7-2)18(17-14)8-9-19-11-12(3)4/h12,16H,6-11H2,1-5H3. The normalized spacial score (nSPS) is 11.5. The molecule has 1 heterocycles. The lowest BCUT2D eigenvalue weighted by atomic mass is 10.1. The Kier molecular flexibility index (Phi) is 7.10. The molecule has 0 aromatic carbocycles. The van der Waals surface area contributed by atoms with Crippen molar-refractivity contribution in [3.05, 3.63) is 17.0 Å². The Morgan fingerprint density at radius 3 is 2.53 bits per heavy atom. The van der Waals surface area contributed by atoms with Crippen molar-refractivity contribution in [2.24, 2.45) is 5.92 Å². The summed E-state index contributed by atoms with van der Waals surface area (Å²) in [5.74, 6) is 0.592. The minimum Gasteiger partial charge on any atom is -0.379 e. The van der Waals surface area contributed by atoms with Crippen molar-refractivity contribution in [3.8, 4) is 0 Å². The minimum atomic E-state index is 0.592. The molecule has 0 aliphatic rings. The quantitative estimate of drug-likeness (QED) is 0.698. The van der Waals surface area contributed by atoms with Crippen LogP contribution in [0.5, 0.6) is 0 Å². The number of aromatic nitrogens is 2. The van der Waals surface area contributed by atoms with Crippen LogP contribution in [0.1, 0.15) is 44.6 Å². The van der Waals surface area contributed by atoms with Crippen molar-refractivity contribution in [1.82, 2.24) is 15.1 Å². The van der Waals surface area contributed by atoms with Gasteiger partial charge in [-0.25, -0.2) is 0 Å². The second-order valence-corrected chi connectivity index (χ2v) is 5.30. The van der Waals surface area contributed by atoms with Crippen LogP contribution in [-0.2, 0) is 30.7 Å². The van der Waals surface area contributed by atoms with Gasteiger partial charge in [0.25, 0.3) is 0 Å². The lowest BCUT2D eigenvalue weighted by Gasteiger charge is -2.09.